The molecule has 1 aliphatic rings. The van der Waals surface area contributed by atoms with Crippen LogP contribution in [-0.2, 0) is 4.74 Å². The summed E-state index contributed by atoms with van der Waals surface area (Å²) in [6, 6.07) is 8.87. The molecule has 2 aromatic carbocycles. The first-order valence-electron chi connectivity index (χ1n) is 9.98. The lowest BCUT2D eigenvalue weighted by atomic mass is 10.2. The SMILES string of the molecule is Oc1[nH]c2cc(F)ccc2c1C=Nc1ccc(NCCCN2CCOCC2)c(F)c1. The second kappa shape index (κ2) is 9.23. The number of aromatic hydroxyl groups is 1. The first-order chi connectivity index (χ1) is 14.6. The summed E-state index contributed by atoms with van der Waals surface area (Å²) in [6.45, 7) is 5.08. The highest BCUT2D eigenvalue weighted by Crippen LogP contribution is 2.27. The number of H-pyrrole nitrogens is 1. The molecule has 6 nitrogen and oxygen atoms in total. The molecule has 0 unspecified atom stereocenters. The van der Waals surface area contributed by atoms with Gasteiger partial charge in [-0.15, -0.1) is 0 Å². The standard InChI is InChI=1S/C22H24F2N4O2/c23-15-2-4-17-18(22(29)27-21(17)12-15)14-26-16-3-5-20(19(24)13-16)25-6-1-7-28-8-10-30-11-9-28/h2-5,12-14,25,27,29H,1,6-11H2. The lowest BCUT2D eigenvalue weighted by molar-refractivity contribution is 0.0378. The van der Waals surface area contributed by atoms with Crippen LogP contribution >= 0.6 is 0 Å². The zero-order chi connectivity index (χ0) is 20.9. The van der Waals surface area contributed by atoms with Crippen molar-refractivity contribution >= 4 is 28.5 Å². The summed E-state index contributed by atoms with van der Waals surface area (Å²) in [6.07, 6.45) is 2.36. The molecule has 158 valence electrons. The molecule has 8 heteroatoms. The summed E-state index contributed by atoms with van der Waals surface area (Å²) in [4.78, 5) is 9.30. The van der Waals surface area contributed by atoms with Crippen LogP contribution in [0.4, 0.5) is 20.2 Å². The molecule has 0 aliphatic carbocycles. The van der Waals surface area contributed by atoms with Crippen LogP contribution in [0.1, 0.15) is 12.0 Å². The Hall–Kier alpha value is -2.97. The molecule has 0 amide bonds. The third-order valence-electron chi connectivity index (χ3n) is 5.15. The Labute approximate surface area is 173 Å². The van der Waals surface area contributed by atoms with Crippen LogP contribution in [-0.4, -0.2) is 60.6 Å². The molecule has 1 aromatic heterocycles. The smallest absolute Gasteiger partial charge is 0.198 e. The Bertz CT molecular complexity index is 1050. The minimum absolute atomic E-state index is 0.113. The van der Waals surface area contributed by atoms with E-state index >= 15 is 0 Å². The minimum atomic E-state index is -0.401. The van der Waals surface area contributed by atoms with Gasteiger partial charge in [-0.05, 0) is 43.3 Å². The maximum Gasteiger partial charge on any atom is 0.198 e. The zero-order valence-corrected chi connectivity index (χ0v) is 16.5. The van der Waals surface area contributed by atoms with E-state index in [0.29, 0.717) is 34.4 Å². The molecule has 0 radical (unpaired) electrons. The number of nitrogens with zero attached hydrogens (tertiary/aromatic N) is 2. The molecule has 1 saturated heterocycles. The molecule has 4 rings (SSSR count). The molecular formula is C22H24F2N4O2. The van der Waals surface area contributed by atoms with Gasteiger partial charge in [-0.2, -0.15) is 0 Å². The number of morpholine rings is 1. The zero-order valence-electron chi connectivity index (χ0n) is 16.5. The van der Waals surface area contributed by atoms with E-state index in [9.17, 15) is 13.9 Å². The number of rotatable bonds is 7. The molecule has 1 fully saturated rings. The predicted octanol–water partition coefficient (Wildman–Crippen LogP) is 4.04. The number of hydrogen-bond donors (Lipinski definition) is 3. The normalized spacial score (nSPS) is 15.3. The number of fused-ring (bicyclic) bond motifs is 1. The van der Waals surface area contributed by atoms with E-state index in [1.54, 1.807) is 18.2 Å². The average molecular weight is 414 g/mol. The van der Waals surface area contributed by atoms with Gasteiger partial charge >= 0.3 is 0 Å². The van der Waals surface area contributed by atoms with Gasteiger partial charge in [0.05, 0.1) is 35.7 Å². The van der Waals surface area contributed by atoms with Crippen molar-refractivity contribution in [1.82, 2.24) is 9.88 Å². The number of aromatic amines is 1. The van der Waals surface area contributed by atoms with Crippen molar-refractivity contribution in [3.05, 3.63) is 53.6 Å². The average Bonchev–Trinajstić information content (AvgIpc) is 3.05. The molecule has 30 heavy (non-hydrogen) atoms. The Kier molecular flexibility index (Phi) is 6.25. The van der Waals surface area contributed by atoms with Crippen LogP contribution < -0.4 is 5.32 Å². The molecule has 0 bridgehead atoms. The van der Waals surface area contributed by atoms with Crippen molar-refractivity contribution in [2.75, 3.05) is 44.7 Å². The van der Waals surface area contributed by atoms with Gasteiger partial charge in [-0.1, -0.05) is 0 Å². The van der Waals surface area contributed by atoms with Crippen molar-refractivity contribution in [2.45, 2.75) is 6.42 Å². The van der Waals surface area contributed by atoms with Gasteiger partial charge in [0.1, 0.15) is 11.6 Å². The lowest BCUT2D eigenvalue weighted by Gasteiger charge is -2.26. The molecule has 0 saturated carbocycles. The van der Waals surface area contributed by atoms with E-state index < -0.39 is 5.82 Å². The second-order valence-electron chi connectivity index (χ2n) is 7.23. The minimum Gasteiger partial charge on any atom is -0.494 e. The fourth-order valence-electron chi connectivity index (χ4n) is 3.53. The summed E-state index contributed by atoms with van der Waals surface area (Å²) >= 11 is 0. The van der Waals surface area contributed by atoms with Crippen LogP contribution in [0, 0.1) is 11.6 Å². The summed E-state index contributed by atoms with van der Waals surface area (Å²) in [7, 11) is 0. The van der Waals surface area contributed by atoms with Crippen LogP contribution in [0.25, 0.3) is 10.9 Å². The van der Waals surface area contributed by atoms with E-state index in [4.69, 9.17) is 4.74 Å². The quantitative estimate of drug-likeness (QED) is 0.403. The van der Waals surface area contributed by atoms with Gasteiger partial charge in [0.2, 0.25) is 0 Å². The molecule has 0 atom stereocenters. The van der Waals surface area contributed by atoms with E-state index in [1.165, 1.54) is 24.4 Å². The first-order valence-corrected chi connectivity index (χ1v) is 9.98. The van der Waals surface area contributed by atoms with Gasteiger partial charge in [0, 0.05) is 37.3 Å². The Morgan fingerprint density at radius 2 is 2.00 bits per heavy atom. The third-order valence-corrected chi connectivity index (χ3v) is 5.15. The second-order valence-corrected chi connectivity index (χ2v) is 7.23. The van der Waals surface area contributed by atoms with E-state index in [2.05, 4.69) is 20.2 Å². The van der Waals surface area contributed by atoms with Crippen LogP contribution in [0.2, 0.25) is 0 Å². The van der Waals surface area contributed by atoms with Crippen molar-refractivity contribution in [2.24, 2.45) is 4.99 Å². The predicted molar refractivity (Wildman–Crippen MR) is 114 cm³/mol. The largest absolute Gasteiger partial charge is 0.494 e. The summed E-state index contributed by atoms with van der Waals surface area (Å²) in [5.74, 6) is -0.901. The van der Waals surface area contributed by atoms with Crippen molar-refractivity contribution < 1.29 is 18.6 Å². The van der Waals surface area contributed by atoms with Crippen LogP contribution in [0.5, 0.6) is 5.88 Å². The number of anilines is 1. The van der Waals surface area contributed by atoms with Crippen molar-refractivity contribution in [1.29, 1.82) is 0 Å². The highest BCUT2D eigenvalue weighted by atomic mass is 19.1. The third kappa shape index (κ3) is 4.77. The fourth-order valence-corrected chi connectivity index (χ4v) is 3.53. The van der Waals surface area contributed by atoms with Crippen LogP contribution in [0.3, 0.4) is 0 Å². The summed E-state index contributed by atoms with van der Waals surface area (Å²) < 4.78 is 33.1. The molecule has 1 aliphatic heterocycles. The Morgan fingerprint density at radius 1 is 1.17 bits per heavy atom. The Morgan fingerprint density at radius 3 is 2.80 bits per heavy atom. The van der Waals surface area contributed by atoms with E-state index in [-0.39, 0.29) is 11.7 Å². The Balaban J connectivity index is 1.37. The molecule has 2 heterocycles. The highest BCUT2D eigenvalue weighted by Gasteiger charge is 2.11. The molecule has 3 N–H and O–H groups in total. The fraction of sp³-hybridized carbons (Fsp3) is 0.318. The number of aromatic nitrogens is 1. The van der Waals surface area contributed by atoms with Crippen molar-refractivity contribution in [3.8, 4) is 5.88 Å². The number of ether oxygens (including phenoxy) is 1. The lowest BCUT2D eigenvalue weighted by Crippen LogP contribution is -2.37. The van der Waals surface area contributed by atoms with Gasteiger partial charge < -0.3 is 20.1 Å². The van der Waals surface area contributed by atoms with Crippen molar-refractivity contribution in [3.63, 3.8) is 0 Å². The monoisotopic (exact) mass is 414 g/mol. The van der Waals surface area contributed by atoms with Gasteiger partial charge in [0.25, 0.3) is 0 Å². The summed E-state index contributed by atoms with van der Waals surface area (Å²) in [5.41, 5.74) is 1.75. The number of halogens is 2. The maximum absolute atomic E-state index is 14.4. The van der Waals surface area contributed by atoms with E-state index in [0.717, 1.165) is 39.3 Å². The van der Waals surface area contributed by atoms with Gasteiger partial charge in [0.15, 0.2) is 5.88 Å². The number of nitrogens with one attached hydrogen (secondary N) is 2. The first kappa shape index (κ1) is 20.3. The van der Waals surface area contributed by atoms with E-state index in [1.807, 2.05) is 0 Å². The van der Waals surface area contributed by atoms with Gasteiger partial charge in [-0.25, -0.2) is 8.78 Å². The topological polar surface area (TPSA) is 72.9 Å². The summed E-state index contributed by atoms with van der Waals surface area (Å²) in [5, 5.41) is 13.8. The van der Waals surface area contributed by atoms with Crippen LogP contribution in [0.15, 0.2) is 41.4 Å². The molecule has 3 aromatic rings. The van der Waals surface area contributed by atoms with Gasteiger partial charge in [-0.3, -0.25) is 9.89 Å². The number of aliphatic imine (C=N–C) groups is 1. The molecule has 0 spiro atoms. The number of benzene rings is 2. The maximum atomic E-state index is 14.4. The number of hydrogen-bond acceptors (Lipinski definition) is 5. The highest BCUT2D eigenvalue weighted by molar-refractivity contribution is 6.02. The molecular weight excluding hydrogens is 390 g/mol.